The molecular weight excluding hydrogens is 247 g/mol. The van der Waals surface area contributed by atoms with Gasteiger partial charge in [0.15, 0.2) is 0 Å². The van der Waals surface area contributed by atoms with Gasteiger partial charge in [-0.15, -0.1) is 17.0 Å². The van der Waals surface area contributed by atoms with Crippen molar-refractivity contribution in [2.45, 2.75) is 13.8 Å². The highest BCUT2D eigenvalue weighted by atomic mass is 79.9. The van der Waals surface area contributed by atoms with Gasteiger partial charge >= 0.3 is 0 Å². The van der Waals surface area contributed by atoms with Crippen LogP contribution in [0.25, 0.3) is 0 Å². The van der Waals surface area contributed by atoms with E-state index < -0.39 is 0 Å². The lowest BCUT2D eigenvalue weighted by Crippen LogP contribution is -1.90. The number of hydrogen-bond donors (Lipinski definition) is 0. The smallest absolute Gasteiger partial charge is 0.122 e. The molecule has 0 spiro atoms. The lowest BCUT2D eigenvalue weighted by molar-refractivity contribution is 0.615. The second-order valence-electron chi connectivity index (χ2n) is 3.16. The molecule has 0 amide bonds. The van der Waals surface area contributed by atoms with Crippen LogP contribution in [0.2, 0.25) is 0 Å². The van der Waals surface area contributed by atoms with E-state index in [-0.39, 0.29) is 17.0 Å². The fourth-order valence-corrected chi connectivity index (χ4v) is 1.50. The van der Waals surface area contributed by atoms with Crippen LogP contribution in [-0.4, -0.2) is 6.16 Å². The highest BCUT2D eigenvalue weighted by molar-refractivity contribution is 8.93. The fraction of sp³-hybridized carbons (Fsp3) is 0.400. The van der Waals surface area contributed by atoms with E-state index in [2.05, 4.69) is 13.8 Å². The largest absolute Gasteiger partial charge is 0.477 e. The van der Waals surface area contributed by atoms with Gasteiger partial charge in [-0.1, -0.05) is 32.0 Å². The summed E-state index contributed by atoms with van der Waals surface area (Å²) in [5.41, 5.74) is 0. The van der Waals surface area contributed by atoms with Gasteiger partial charge in [-0.25, -0.2) is 0 Å². The van der Waals surface area contributed by atoms with Crippen molar-refractivity contribution in [3.8, 4) is 5.75 Å². The van der Waals surface area contributed by atoms with Gasteiger partial charge in [0, 0.05) is 6.16 Å². The topological polar surface area (TPSA) is 9.23 Å². The molecule has 0 aromatic heterocycles. The molecule has 0 N–H and O–H groups in total. The molecular formula is C10H16BrOP. The van der Waals surface area contributed by atoms with Gasteiger partial charge in [0.25, 0.3) is 0 Å². The maximum atomic E-state index is 5.54. The highest BCUT2D eigenvalue weighted by Crippen LogP contribution is 2.21. The molecule has 0 saturated carbocycles. The van der Waals surface area contributed by atoms with E-state index in [4.69, 9.17) is 4.52 Å². The van der Waals surface area contributed by atoms with Crippen molar-refractivity contribution >= 4 is 25.8 Å². The molecule has 0 bridgehead atoms. The van der Waals surface area contributed by atoms with Gasteiger partial charge in [0.05, 0.1) is 8.81 Å². The molecule has 1 aromatic carbocycles. The molecule has 3 heteroatoms. The first-order chi connectivity index (χ1) is 5.79. The molecule has 0 fully saturated rings. The van der Waals surface area contributed by atoms with Crippen LogP contribution in [0.15, 0.2) is 30.3 Å². The fourth-order valence-electron chi connectivity index (χ4n) is 0.780. The Bertz CT molecular complexity index is 213. The van der Waals surface area contributed by atoms with E-state index in [1.165, 1.54) is 0 Å². The van der Waals surface area contributed by atoms with E-state index in [9.17, 15) is 0 Å². The molecule has 1 nitrogen and oxygen atoms in total. The highest BCUT2D eigenvalue weighted by Gasteiger charge is 1.94. The van der Waals surface area contributed by atoms with Crippen LogP contribution < -0.4 is 4.52 Å². The van der Waals surface area contributed by atoms with Gasteiger partial charge in [0.2, 0.25) is 0 Å². The Labute approximate surface area is 92.5 Å². The SMILES string of the molecule is Br.CC(C)CPOc1ccccc1. The molecule has 0 aliphatic heterocycles. The number of benzene rings is 1. The summed E-state index contributed by atoms with van der Waals surface area (Å²) in [5, 5.41) is 0. The van der Waals surface area contributed by atoms with Crippen molar-refractivity contribution in [2.24, 2.45) is 5.92 Å². The minimum Gasteiger partial charge on any atom is -0.477 e. The third-order valence-electron chi connectivity index (χ3n) is 1.42. The summed E-state index contributed by atoms with van der Waals surface area (Å²) in [6.45, 7) is 4.42. The summed E-state index contributed by atoms with van der Waals surface area (Å²) < 4.78 is 5.54. The molecule has 74 valence electrons. The minimum atomic E-state index is 0. The molecule has 0 aliphatic carbocycles. The molecule has 0 heterocycles. The number of rotatable bonds is 4. The third-order valence-corrected chi connectivity index (χ3v) is 2.79. The lowest BCUT2D eigenvalue weighted by atomic mass is 10.3. The summed E-state index contributed by atoms with van der Waals surface area (Å²) >= 11 is 0. The van der Waals surface area contributed by atoms with Crippen molar-refractivity contribution in [1.82, 2.24) is 0 Å². The predicted octanol–water partition coefficient (Wildman–Crippen LogP) is 3.89. The van der Waals surface area contributed by atoms with Crippen LogP contribution >= 0.6 is 25.8 Å². The average Bonchev–Trinajstić information content (AvgIpc) is 2.05. The monoisotopic (exact) mass is 262 g/mol. The minimum absolute atomic E-state index is 0. The van der Waals surface area contributed by atoms with Gasteiger partial charge in [0.1, 0.15) is 5.75 Å². The Morgan fingerprint density at radius 2 is 1.85 bits per heavy atom. The molecule has 1 atom stereocenters. The van der Waals surface area contributed by atoms with Gasteiger partial charge in [-0.3, -0.25) is 0 Å². The van der Waals surface area contributed by atoms with E-state index in [1.807, 2.05) is 30.3 Å². The first-order valence-corrected chi connectivity index (χ1v) is 5.35. The van der Waals surface area contributed by atoms with Crippen molar-refractivity contribution in [3.05, 3.63) is 30.3 Å². The number of halogens is 1. The average molecular weight is 263 g/mol. The zero-order valence-corrected chi connectivity index (χ0v) is 10.7. The van der Waals surface area contributed by atoms with Crippen LogP contribution in [0.5, 0.6) is 5.75 Å². The van der Waals surface area contributed by atoms with Gasteiger partial charge in [-0.05, 0) is 18.1 Å². The second kappa shape index (κ2) is 7.34. The van der Waals surface area contributed by atoms with E-state index >= 15 is 0 Å². The molecule has 0 radical (unpaired) electrons. The molecule has 0 aliphatic rings. The zero-order chi connectivity index (χ0) is 8.81. The summed E-state index contributed by atoms with van der Waals surface area (Å²) in [6.07, 6.45) is 1.15. The van der Waals surface area contributed by atoms with Crippen LogP contribution in [0.1, 0.15) is 13.8 Å². The Morgan fingerprint density at radius 1 is 1.23 bits per heavy atom. The van der Waals surface area contributed by atoms with Gasteiger partial charge in [-0.2, -0.15) is 0 Å². The first-order valence-electron chi connectivity index (χ1n) is 4.24. The lowest BCUT2D eigenvalue weighted by Gasteiger charge is -2.06. The Kier molecular flexibility index (Phi) is 7.31. The zero-order valence-electron chi connectivity index (χ0n) is 7.99. The van der Waals surface area contributed by atoms with E-state index in [0.717, 1.165) is 17.8 Å². The summed E-state index contributed by atoms with van der Waals surface area (Å²) in [5.74, 6) is 1.71. The van der Waals surface area contributed by atoms with Crippen molar-refractivity contribution in [3.63, 3.8) is 0 Å². The summed E-state index contributed by atoms with van der Waals surface area (Å²) in [4.78, 5) is 0. The second-order valence-corrected chi connectivity index (χ2v) is 4.06. The van der Waals surface area contributed by atoms with Gasteiger partial charge < -0.3 is 4.52 Å². The molecule has 1 rings (SSSR count). The predicted molar refractivity (Wildman–Crippen MR) is 65.4 cm³/mol. The van der Waals surface area contributed by atoms with Crippen molar-refractivity contribution < 1.29 is 4.52 Å². The molecule has 13 heavy (non-hydrogen) atoms. The van der Waals surface area contributed by atoms with Crippen molar-refractivity contribution in [2.75, 3.05) is 6.16 Å². The molecule has 0 saturated heterocycles. The molecule has 1 aromatic rings. The number of hydrogen-bond acceptors (Lipinski definition) is 1. The van der Waals surface area contributed by atoms with Crippen LogP contribution in [0.4, 0.5) is 0 Å². The maximum Gasteiger partial charge on any atom is 0.122 e. The third kappa shape index (κ3) is 6.06. The molecule has 1 unspecified atom stereocenters. The Morgan fingerprint density at radius 3 is 2.38 bits per heavy atom. The maximum absolute atomic E-state index is 5.54. The Hall–Kier alpha value is -0.0700. The summed E-state index contributed by atoms with van der Waals surface area (Å²) in [7, 11) is 0.590. The quantitative estimate of drug-likeness (QED) is 0.749. The Balaban J connectivity index is 0.00000144. The summed E-state index contributed by atoms with van der Waals surface area (Å²) in [6, 6.07) is 9.98. The van der Waals surface area contributed by atoms with Crippen LogP contribution in [0, 0.1) is 5.92 Å². The van der Waals surface area contributed by atoms with Crippen LogP contribution in [0.3, 0.4) is 0 Å². The normalized spacial score (nSPS) is 10.4. The van der Waals surface area contributed by atoms with Crippen molar-refractivity contribution in [1.29, 1.82) is 0 Å². The van der Waals surface area contributed by atoms with Crippen LogP contribution in [-0.2, 0) is 0 Å². The number of para-hydroxylation sites is 1. The standard InChI is InChI=1S/C10H15OP.BrH/c1-9(2)8-12-11-10-6-4-3-5-7-10;/h3-7,9,12H,8H2,1-2H3;1H. The first kappa shape index (κ1) is 12.9. The van der Waals surface area contributed by atoms with E-state index in [0.29, 0.717) is 8.81 Å². The van der Waals surface area contributed by atoms with E-state index in [1.54, 1.807) is 0 Å².